The van der Waals surface area contributed by atoms with Gasteiger partial charge in [-0.25, -0.2) is 0 Å². The van der Waals surface area contributed by atoms with Crippen LogP contribution in [0.25, 0.3) is 0 Å². The van der Waals surface area contributed by atoms with Crippen LogP contribution in [0, 0.1) is 0 Å². The van der Waals surface area contributed by atoms with Gasteiger partial charge in [-0.2, -0.15) is 13.2 Å². The molecule has 0 saturated carbocycles. The van der Waals surface area contributed by atoms with Crippen molar-refractivity contribution in [3.8, 4) is 0 Å². The molecule has 124 valence electrons. The van der Waals surface area contributed by atoms with Gasteiger partial charge in [0, 0.05) is 18.0 Å². The van der Waals surface area contributed by atoms with Gasteiger partial charge < -0.3 is 9.32 Å². The summed E-state index contributed by atoms with van der Waals surface area (Å²) in [4.78, 5) is 14.9. The molecular weight excluding hydrogens is 331 g/mol. The van der Waals surface area contributed by atoms with E-state index in [0.717, 1.165) is 4.88 Å². The smallest absolute Gasteiger partial charge is 0.417 e. The van der Waals surface area contributed by atoms with Crippen LogP contribution >= 0.6 is 11.3 Å². The third kappa shape index (κ3) is 3.72. The largest absolute Gasteiger partial charge is 0.470 e. The van der Waals surface area contributed by atoms with E-state index in [1.807, 2.05) is 17.5 Å². The minimum Gasteiger partial charge on any atom is -0.417 e. The first kappa shape index (κ1) is 16.0. The zero-order chi connectivity index (χ0) is 16.4. The molecule has 1 atom stereocenters. The van der Waals surface area contributed by atoms with Crippen LogP contribution in [0.3, 0.4) is 0 Å². The number of alkyl halides is 3. The number of rotatable bonds is 3. The Balaban J connectivity index is 1.66. The highest BCUT2D eigenvalue weighted by atomic mass is 32.1. The van der Waals surface area contributed by atoms with Gasteiger partial charge in [0.2, 0.25) is 11.8 Å². The number of hydrogen-bond acceptors (Lipinski definition) is 5. The van der Waals surface area contributed by atoms with Gasteiger partial charge in [-0.1, -0.05) is 6.07 Å². The average Bonchev–Trinajstić information content (AvgIpc) is 3.18. The van der Waals surface area contributed by atoms with E-state index >= 15 is 0 Å². The van der Waals surface area contributed by atoms with Crippen molar-refractivity contribution in [1.82, 2.24) is 15.1 Å². The molecular formula is C14H14F3N3O2S. The van der Waals surface area contributed by atoms with Crippen LogP contribution < -0.4 is 0 Å². The number of halogens is 3. The molecule has 0 aromatic carbocycles. The molecule has 0 bridgehead atoms. The third-order valence-electron chi connectivity index (χ3n) is 3.71. The molecule has 0 radical (unpaired) electrons. The van der Waals surface area contributed by atoms with Crippen molar-refractivity contribution in [2.45, 2.75) is 31.4 Å². The van der Waals surface area contributed by atoms with Crippen LogP contribution in [-0.4, -0.2) is 34.1 Å². The van der Waals surface area contributed by atoms with E-state index in [0.29, 0.717) is 32.4 Å². The maximum atomic E-state index is 12.5. The summed E-state index contributed by atoms with van der Waals surface area (Å²) in [6.07, 6.45) is -3.01. The zero-order valence-electron chi connectivity index (χ0n) is 12.0. The molecule has 1 amide bonds. The second-order valence-corrected chi connectivity index (χ2v) is 6.41. The highest BCUT2D eigenvalue weighted by Crippen LogP contribution is 2.32. The highest BCUT2D eigenvalue weighted by Gasteiger charge is 2.39. The van der Waals surface area contributed by atoms with E-state index in [2.05, 4.69) is 10.2 Å². The van der Waals surface area contributed by atoms with E-state index in [-0.39, 0.29) is 17.7 Å². The summed E-state index contributed by atoms with van der Waals surface area (Å²) in [5.74, 6) is -1.77. The van der Waals surface area contributed by atoms with Crippen molar-refractivity contribution in [3.63, 3.8) is 0 Å². The molecule has 1 fully saturated rings. The summed E-state index contributed by atoms with van der Waals surface area (Å²) < 4.78 is 42.3. The molecule has 0 N–H and O–H groups in total. The lowest BCUT2D eigenvalue weighted by Crippen LogP contribution is -2.39. The predicted molar refractivity (Wildman–Crippen MR) is 75.9 cm³/mol. The van der Waals surface area contributed by atoms with Crippen LogP contribution in [0.15, 0.2) is 21.9 Å². The number of piperidine rings is 1. The molecule has 0 aliphatic carbocycles. The fourth-order valence-electron chi connectivity index (χ4n) is 2.59. The Morgan fingerprint density at radius 3 is 2.91 bits per heavy atom. The molecule has 1 saturated heterocycles. The quantitative estimate of drug-likeness (QED) is 0.858. The molecule has 1 aliphatic heterocycles. The number of amides is 1. The summed E-state index contributed by atoms with van der Waals surface area (Å²) >= 11 is 1.51. The number of carbonyl (C=O) groups is 1. The van der Waals surface area contributed by atoms with Gasteiger partial charge >= 0.3 is 12.1 Å². The van der Waals surface area contributed by atoms with Crippen LogP contribution in [-0.2, 0) is 17.4 Å². The first-order chi connectivity index (χ1) is 10.9. The topological polar surface area (TPSA) is 59.2 Å². The lowest BCUT2D eigenvalue weighted by atomic mass is 9.97. The molecule has 1 aliphatic rings. The van der Waals surface area contributed by atoms with Gasteiger partial charge in [0.25, 0.3) is 0 Å². The monoisotopic (exact) mass is 345 g/mol. The molecule has 2 aromatic heterocycles. The summed E-state index contributed by atoms with van der Waals surface area (Å²) in [6, 6.07) is 3.76. The molecule has 3 heterocycles. The van der Waals surface area contributed by atoms with Gasteiger partial charge in [-0.15, -0.1) is 21.5 Å². The molecule has 9 heteroatoms. The molecule has 3 rings (SSSR count). The standard InChI is InChI=1S/C14H14F3N3O2S/c15-14(16,17)13-19-18-12(22-13)9-3-1-5-20(8-9)11(21)7-10-4-2-6-23-10/h2,4,6,9H,1,3,5,7-8H2. The number of aromatic nitrogens is 2. The Morgan fingerprint density at radius 1 is 1.43 bits per heavy atom. The van der Waals surface area contributed by atoms with Gasteiger partial charge in [0.15, 0.2) is 0 Å². The lowest BCUT2D eigenvalue weighted by molar-refractivity contribution is -0.157. The number of carbonyl (C=O) groups excluding carboxylic acids is 1. The van der Waals surface area contributed by atoms with E-state index in [4.69, 9.17) is 4.42 Å². The summed E-state index contributed by atoms with van der Waals surface area (Å²) in [5, 5.41) is 8.45. The number of hydrogen-bond donors (Lipinski definition) is 0. The Labute approximate surface area is 134 Å². The van der Waals surface area contributed by atoms with E-state index in [9.17, 15) is 18.0 Å². The lowest BCUT2D eigenvalue weighted by Gasteiger charge is -2.31. The zero-order valence-corrected chi connectivity index (χ0v) is 12.9. The summed E-state index contributed by atoms with van der Waals surface area (Å²) in [5.41, 5.74) is 0. The van der Waals surface area contributed by atoms with E-state index in [1.54, 1.807) is 4.90 Å². The second kappa shape index (κ2) is 6.31. The second-order valence-electron chi connectivity index (χ2n) is 5.38. The third-order valence-corrected chi connectivity index (χ3v) is 4.59. The predicted octanol–water partition coefficient (Wildman–Crippen LogP) is 3.10. The van der Waals surface area contributed by atoms with Crippen molar-refractivity contribution in [2.24, 2.45) is 0 Å². The molecule has 5 nitrogen and oxygen atoms in total. The number of likely N-dealkylation sites (tertiary alicyclic amines) is 1. The number of nitrogens with zero attached hydrogens (tertiary/aromatic N) is 3. The maximum Gasteiger partial charge on any atom is 0.470 e. The van der Waals surface area contributed by atoms with Crippen molar-refractivity contribution in [1.29, 1.82) is 0 Å². The Bertz CT molecular complexity index is 669. The fraction of sp³-hybridized carbons (Fsp3) is 0.500. The highest BCUT2D eigenvalue weighted by molar-refractivity contribution is 7.10. The van der Waals surface area contributed by atoms with Crippen LogP contribution in [0.5, 0.6) is 0 Å². The normalized spacial score (nSPS) is 19.1. The minimum absolute atomic E-state index is 0.0345. The summed E-state index contributed by atoms with van der Waals surface area (Å²) in [7, 11) is 0. The van der Waals surface area contributed by atoms with Gasteiger partial charge in [-0.05, 0) is 24.3 Å². The van der Waals surface area contributed by atoms with Crippen LogP contribution in [0.1, 0.15) is 35.4 Å². The van der Waals surface area contributed by atoms with E-state index in [1.165, 1.54) is 11.3 Å². The van der Waals surface area contributed by atoms with Crippen molar-refractivity contribution in [2.75, 3.05) is 13.1 Å². The molecule has 2 aromatic rings. The van der Waals surface area contributed by atoms with Gasteiger partial charge in [0.1, 0.15) is 0 Å². The first-order valence-corrected chi connectivity index (χ1v) is 8.02. The average molecular weight is 345 g/mol. The molecule has 23 heavy (non-hydrogen) atoms. The van der Waals surface area contributed by atoms with Crippen LogP contribution in [0.4, 0.5) is 13.2 Å². The van der Waals surface area contributed by atoms with Gasteiger partial charge in [0.05, 0.1) is 12.3 Å². The summed E-state index contributed by atoms with van der Waals surface area (Å²) in [6.45, 7) is 0.907. The SMILES string of the molecule is O=C(Cc1cccs1)N1CCCC(c2nnc(C(F)(F)F)o2)C1. The Hall–Kier alpha value is -1.90. The fourth-order valence-corrected chi connectivity index (χ4v) is 3.29. The maximum absolute atomic E-state index is 12.5. The minimum atomic E-state index is -4.64. The van der Waals surface area contributed by atoms with Crippen molar-refractivity contribution < 1.29 is 22.4 Å². The van der Waals surface area contributed by atoms with Crippen LogP contribution in [0.2, 0.25) is 0 Å². The first-order valence-electron chi connectivity index (χ1n) is 7.14. The van der Waals surface area contributed by atoms with E-state index < -0.39 is 12.1 Å². The van der Waals surface area contributed by atoms with Gasteiger partial charge in [-0.3, -0.25) is 4.79 Å². The molecule has 0 spiro atoms. The van der Waals surface area contributed by atoms with Crippen molar-refractivity contribution in [3.05, 3.63) is 34.2 Å². The molecule has 1 unspecified atom stereocenters. The number of thiophene rings is 1. The van der Waals surface area contributed by atoms with Crippen molar-refractivity contribution >= 4 is 17.2 Å². The Kier molecular flexibility index (Phi) is 4.38. The Morgan fingerprint density at radius 2 is 2.26 bits per heavy atom.